The molecule has 0 bridgehead atoms. The third-order valence-corrected chi connectivity index (χ3v) is 3.29. The molecule has 0 aliphatic carbocycles. The predicted octanol–water partition coefficient (Wildman–Crippen LogP) is 0.949. The lowest BCUT2D eigenvalue weighted by Crippen LogP contribution is -2.39. The Kier molecular flexibility index (Phi) is 4.28. The molecule has 1 aromatic heterocycles. The number of nitrogens with zero attached hydrogens (tertiary/aromatic N) is 2. The average molecular weight is 289 g/mol. The summed E-state index contributed by atoms with van der Waals surface area (Å²) in [5.74, 6) is 0.252. The summed E-state index contributed by atoms with van der Waals surface area (Å²) < 4.78 is 1.11. The lowest BCUT2D eigenvalue weighted by atomic mass is 10.1. The third kappa shape index (κ3) is 3.41. The second kappa shape index (κ2) is 5.97. The van der Waals surface area contributed by atoms with Crippen LogP contribution in [0.1, 0.15) is 16.7 Å². The summed E-state index contributed by atoms with van der Waals surface area (Å²) in [7, 11) is 1.79. The van der Waals surface area contributed by atoms with Gasteiger partial charge in [-0.2, -0.15) is 0 Å². The Labute approximate surface area is 122 Å². The van der Waals surface area contributed by atoms with Crippen LogP contribution in [0.25, 0.3) is 0 Å². The Hall–Kier alpha value is -2.34. The zero-order valence-electron chi connectivity index (χ0n) is 12.4. The number of aromatic nitrogens is 2. The van der Waals surface area contributed by atoms with Crippen molar-refractivity contribution in [3.63, 3.8) is 0 Å². The van der Waals surface area contributed by atoms with Gasteiger partial charge in [0.2, 0.25) is 0 Å². The Bertz CT molecular complexity index is 733. The van der Waals surface area contributed by atoms with Gasteiger partial charge < -0.3 is 10.1 Å². The van der Waals surface area contributed by atoms with E-state index in [0.717, 1.165) is 21.3 Å². The molecule has 6 nitrogen and oxygen atoms in total. The maximum absolute atomic E-state index is 11.7. The second-order valence-corrected chi connectivity index (χ2v) is 5.29. The van der Waals surface area contributed by atoms with E-state index in [1.807, 2.05) is 26.0 Å². The topological polar surface area (TPSA) is 78.3 Å². The summed E-state index contributed by atoms with van der Waals surface area (Å²) in [4.78, 5) is 27.6. The molecule has 0 spiro atoms. The maximum atomic E-state index is 11.7. The molecule has 2 N–H and O–H groups in total. The molecule has 0 atom stereocenters. The zero-order chi connectivity index (χ0) is 15.6. The quantitative estimate of drug-likeness (QED) is 0.878. The molecule has 0 unspecified atom stereocenters. The van der Waals surface area contributed by atoms with Crippen LogP contribution in [0.4, 0.5) is 0 Å². The minimum Gasteiger partial charge on any atom is -0.507 e. The number of rotatable bonds is 4. The van der Waals surface area contributed by atoms with E-state index in [2.05, 4.69) is 4.98 Å². The van der Waals surface area contributed by atoms with Crippen LogP contribution in [-0.2, 0) is 13.2 Å². The maximum Gasteiger partial charge on any atom is 0.329 e. The van der Waals surface area contributed by atoms with Gasteiger partial charge in [-0.25, -0.2) is 9.36 Å². The average Bonchev–Trinajstić information content (AvgIpc) is 2.40. The van der Waals surface area contributed by atoms with Gasteiger partial charge in [0.15, 0.2) is 0 Å². The van der Waals surface area contributed by atoms with Crippen molar-refractivity contribution in [2.75, 3.05) is 7.05 Å². The number of hydrogen-bond donors (Lipinski definition) is 2. The van der Waals surface area contributed by atoms with Crippen LogP contribution >= 0.6 is 0 Å². The molecular weight excluding hydrogens is 270 g/mol. The van der Waals surface area contributed by atoms with E-state index < -0.39 is 5.69 Å². The van der Waals surface area contributed by atoms with E-state index in [9.17, 15) is 14.7 Å². The molecule has 1 heterocycles. The number of aryl methyl sites for hydroxylation is 2. The molecule has 0 saturated heterocycles. The molecule has 112 valence electrons. The molecule has 2 rings (SSSR count). The fraction of sp³-hybridized carbons (Fsp3) is 0.333. The van der Waals surface area contributed by atoms with Crippen molar-refractivity contribution < 1.29 is 5.11 Å². The molecule has 21 heavy (non-hydrogen) atoms. The summed E-state index contributed by atoms with van der Waals surface area (Å²) in [5, 5.41) is 10.1. The standard InChI is InChI=1S/C15H19N3O3/c1-10-6-11(2)14(20)12(7-10)8-17(3)9-18-13(19)4-5-16-15(18)21/h4-7,20H,8-9H2,1-3H3,(H,16,21). The Morgan fingerprint density at radius 2 is 2.00 bits per heavy atom. The van der Waals surface area contributed by atoms with Crippen molar-refractivity contribution in [2.24, 2.45) is 0 Å². The van der Waals surface area contributed by atoms with Gasteiger partial charge in [0.1, 0.15) is 5.75 Å². The van der Waals surface area contributed by atoms with Gasteiger partial charge >= 0.3 is 5.69 Å². The number of phenolic OH excluding ortho intramolecular Hbond substituents is 1. The lowest BCUT2D eigenvalue weighted by Gasteiger charge is -2.19. The molecule has 1 aromatic carbocycles. The first-order chi connectivity index (χ1) is 9.88. The number of benzene rings is 1. The molecule has 0 saturated carbocycles. The van der Waals surface area contributed by atoms with E-state index in [-0.39, 0.29) is 18.0 Å². The molecule has 0 aliphatic rings. The van der Waals surface area contributed by atoms with Crippen molar-refractivity contribution in [1.82, 2.24) is 14.5 Å². The fourth-order valence-corrected chi connectivity index (χ4v) is 2.34. The minimum atomic E-state index is -0.445. The number of hydrogen-bond acceptors (Lipinski definition) is 4. The number of aromatic hydroxyl groups is 1. The van der Waals surface area contributed by atoms with Gasteiger partial charge in [-0.05, 0) is 26.5 Å². The molecular formula is C15H19N3O3. The van der Waals surface area contributed by atoms with Crippen LogP contribution in [0.3, 0.4) is 0 Å². The van der Waals surface area contributed by atoms with Crippen molar-refractivity contribution >= 4 is 0 Å². The summed E-state index contributed by atoms with van der Waals surface area (Å²) in [5.41, 5.74) is 1.85. The molecule has 0 aliphatic heterocycles. The SMILES string of the molecule is Cc1cc(C)c(O)c(CN(C)Cn2c(=O)cc[nH]c2=O)c1. The highest BCUT2D eigenvalue weighted by molar-refractivity contribution is 5.42. The largest absolute Gasteiger partial charge is 0.507 e. The molecule has 0 fully saturated rings. The number of aromatic amines is 1. The third-order valence-electron chi connectivity index (χ3n) is 3.29. The van der Waals surface area contributed by atoms with Crippen molar-refractivity contribution in [3.05, 3.63) is 61.9 Å². The summed E-state index contributed by atoms with van der Waals surface area (Å²) in [6.45, 7) is 4.40. The first-order valence-corrected chi connectivity index (χ1v) is 6.64. The highest BCUT2D eigenvalue weighted by Crippen LogP contribution is 2.24. The van der Waals surface area contributed by atoms with Crippen LogP contribution in [-0.4, -0.2) is 26.6 Å². The first-order valence-electron chi connectivity index (χ1n) is 6.64. The molecule has 6 heteroatoms. The van der Waals surface area contributed by atoms with Gasteiger partial charge in [0.05, 0.1) is 6.67 Å². The monoisotopic (exact) mass is 289 g/mol. The Morgan fingerprint density at radius 1 is 1.29 bits per heavy atom. The van der Waals surface area contributed by atoms with E-state index >= 15 is 0 Å². The Balaban J connectivity index is 2.22. The second-order valence-electron chi connectivity index (χ2n) is 5.29. The smallest absolute Gasteiger partial charge is 0.329 e. The zero-order valence-corrected chi connectivity index (χ0v) is 12.4. The van der Waals surface area contributed by atoms with Crippen molar-refractivity contribution in [3.8, 4) is 5.75 Å². The fourth-order valence-electron chi connectivity index (χ4n) is 2.34. The molecule has 0 amide bonds. The van der Waals surface area contributed by atoms with Gasteiger partial charge in [-0.1, -0.05) is 17.7 Å². The van der Waals surface area contributed by atoms with Crippen LogP contribution in [0.5, 0.6) is 5.75 Å². The minimum absolute atomic E-state index is 0.154. The molecule has 0 radical (unpaired) electrons. The van der Waals surface area contributed by atoms with Crippen molar-refractivity contribution in [2.45, 2.75) is 27.1 Å². The van der Waals surface area contributed by atoms with Crippen LogP contribution in [0.15, 0.2) is 34.0 Å². The van der Waals surface area contributed by atoms with Gasteiger partial charge in [0, 0.05) is 24.4 Å². The predicted molar refractivity (Wildman–Crippen MR) is 80.4 cm³/mol. The van der Waals surface area contributed by atoms with E-state index in [4.69, 9.17) is 0 Å². The number of H-pyrrole nitrogens is 1. The van der Waals surface area contributed by atoms with Gasteiger partial charge in [-0.15, -0.1) is 0 Å². The highest BCUT2D eigenvalue weighted by Gasteiger charge is 2.10. The normalized spacial score (nSPS) is 11.0. The van der Waals surface area contributed by atoms with Crippen LogP contribution in [0, 0.1) is 13.8 Å². The number of phenols is 1. The van der Waals surface area contributed by atoms with Crippen LogP contribution in [0.2, 0.25) is 0 Å². The summed E-state index contributed by atoms with van der Waals surface area (Å²) >= 11 is 0. The number of nitrogens with one attached hydrogen (secondary N) is 1. The molecule has 2 aromatic rings. The van der Waals surface area contributed by atoms with Crippen molar-refractivity contribution in [1.29, 1.82) is 0 Å². The van der Waals surface area contributed by atoms with E-state index in [0.29, 0.717) is 6.54 Å². The van der Waals surface area contributed by atoms with E-state index in [1.165, 1.54) is 12.3 Å². The summed E-state index contributed by atoms with van der Waals surface area (Å²) in [6, 6.07) is 5.12. The Morgan fingerprint density at radius 3 is 2.67 bits per heavy atom. The van der Waals surface area contributed by atoms with Gasteiger partial charge in [-0.3, -0.25) is 9.69 Å². The lowest BCUT2D eigenvalue weighted by molar-refractivity contribution is 0.247. The van der Waals surface area contributed by atoms with Crippen LogP contribution < -0.4 is 11.2 Å². The first kappa shape index (κ1) is 15.1. The van der Waals surface area contributed by atoms with E-state index in [1.54, 1.807) is 11.9 Å². The summed E-state index contributed by atoms with van der Waals surface area (Å²) in [6.07, 6.45) is 1.33. The highest BCUT2D eigenvalue weighted by atomic mass is 16.3. The van der Waals surface area contributed by atoms with Gasteiger partial charge in [0.25, 0.3) is 5.56 Å².